The maximum Gasteiger partial charge on any atom is 0.257 e. The molecule has 0 aliphatic heterocycles. The molecule has 2 aromatic carbocycles. The van der Waals surface area contributed by atoms with Crippen molar-refractivity contribution in [3.05, 3.63) is 69.9 Å². The molecule has 0 atom stereocenters. The minimum Gasteiger partial charge on any atom is -0.331 e. The number of carbonyl (C=O) groups excluding carboxylic acids is 1. The number of benzene rings is 2. The molecule has 1 amide bonds. The van der Waals surface area contributed by atoms with Crippen molar-refractivity contribution in [2.75, 3.05) is 0 Å². The molecular formula is C17H15BrFNO. The Kier molecular flexibility index (Phi) is 4.06. The minimum atomic E-state index is -0.485. The quantitative estimate of drug-likeness (QED) is 0.802. The van der Waals surface area contributed by atoms with Gasteiger partial charge in [0.1, 0.15) is 5.82 Å². The van der Waals surface area contributed by atoms with Crippen molar-refractivity contribution in [3.63, 3.8) is 0 Å². The first-order chi connectivity index (χ1) is 10.2. The van der Waals surface area contributed by atoms with Crippen LogP contribution in [0.1, 0.15) is 28.8 Å². The Bertz CT molecular complexity index is 655. The van der Waals surface area contributed by atoms with Crippen LogP contribution in [0.15, 0.2) is 53.0 Å². The molecule has 1 saturated carbocycles. The van der Waals surface area contributed by atoms with Crippen molar-refractivity contribution in [2.45, 2.75) is 25.4 Å². The summed E-state index contributed by atoms with van der Waals surface area (Å²) in [6, 6.07) is 14.9. The third kappa shape index (κ3) is 3.16. The molecule has 0 heterocycles. The molecule has 21 heavy (non-hydrogen) atoms. The highest BCUT2D eigenvalue weighted by molar-refractivity contribution is 9.10. The van der Waals surface area contributed by atoms with Gasteiger partial charge in [-0.25, -0.2) is 4.39 Å². The molecule has 2 aromatic rings. The molecule has 0 unspecified atom stereocenters. The van der Waals surface area contributed by atoms with Gasteiger partial charge in [0.2, 0.25) is 0 Å². The summed E-state index contributed by atoms with van der Waals surface area (Å²) in [7, 11) is 0. The van der Waals surface area contributed by atoms with Crippen LogP contribution < -0.4 is 0 Å². The van der Waals surface area contributed by atoms with E-state index in [1.54, 1.807) is 23.1 Å². The predicted octanol–water partition coefficient (Wildman–Crippen LogP) is 4.39. The third-order valence-electron chi connectivity index (χ3n) is 3.63. The number of rotatable bonds is 4. The Morgan fingerprint density at radius 2 is 1.86 bits per heavy atom. The highest BCUT2D eigenvalue weighted by Crippen LogP contribution is 2.31. The van der Waals surface area contributed by atoms with E-state index in [1.165, 1.54) is 0 Å². The van der Waals surface area contributed by atoms with Crippen molar-refractivity contribution < 1.29 is 9.18 Å². The first-order valence-electron chi connectivity index (χ1n) is 6.95. The number of nitrogens with zero attached hydrogens (tertiary/aromatic N) is 1. The van der Waals surface area contributed by atoms with E-state index in [0.29, 0.717) is 11.0 Å². The van der Waals surface area contributed by atoms with Gasteiger partial charge in [-0.2, -0.15) is 0 Å². The van der Waals surface area contributed by atoms with E-state index in [9.17, 15) is 9.18 Å². The van der Waals surface area contributed by atoms with Crippen LogP contribution in [-0.2, 0) is 6.54 Å². The van der Waals surface area contributed by atoms with Gasteiger partial charge in [0.25, 0.3) is 5.91 Å². The first-order valence-corrected chi connectivity index (χ1v) is 7.75. The summed E-state index contributed by atoms with van der Waals surface area (Å²) in [5.41, 5.74) is 1.19. The van der Waals surface area contributed by atoms with Crippen LogP contribution in [0.3, 0.4) is 0 Å². The Hall–Kier alpha value is -1.68. The molecule has 0 saturated heterocycles. The standard InChI is InChI=1S/C17H15BrFNO/c18-15-8-4-7-14(16(15)19)17(21)20(13-9-10-13)11-12-5-2-1-3-6-12/h1-8,13H,9-11H2. The molecule has 0 N–H and O–H groups in total. The molecule has 108 valence electrons. The first kappa shape index (κ1) is 14.3. The van der Waals surface area contributed by atoms with Gasteiger partial charge in [-0.05, 0) is 46.5 Å². The highest BCUT2D eigenvalue weighted by Gasteiger charge is 2.34. The number of halogens is 2. The van der Waals surface area contributed by atoms with E-state index in [0.717, 1.165) is 18.4 Å². The largest absolute Gasteiger partial charge is 0.331 e. The summed E-state index contributed by atoms with van der Waals surface area (Å²) in [5, 5.41) is 0. The van der Waals surface area contributed by atoms with Gasteiger partial charge in [0, 0.05) is 12.6 Å². The van der Waals surface area contributed by atoms with Gasteiger partial charge < -0.3 is 4.90 Å². The van der Waals surface area contributed by atoms with Crippen molar-refractivity contribution in [3.8, 4) is 0 Å². The van der Waals surface area contributed by atoms with E-state index in [4.69, 9.17) is 0 Å². The van der Waals surface area contributed by atoms with Crippen LogP contribution in [0, 0.1) is 5.82 Å². The van der Waals surface area contributed by atoms with Crippen LogP contribution >= 0.6 is 15.9 Å². The van der Waals surface area contributed by atoms with E-state index >= 15 is 0 Å². The smallest absolute Gasteiger partial charge is 0.257 e. The third-order valence-corrected chi connectivity index (χ3v) is 4.24. The second-order valence-corrected chi connectivity index (χ2v) is 6.11. The predicted molar refractivity (Wildman–Crippen MR) is 83.4 cm³/mol. The fraction of sp³-hybridized carbons (Fsp3) is 0.235. The molecule has 1 aliphatic carbocycles. The fourth-order valence-corrected chi connectivity index (χ4v) is 2.72. The molecule has 4 heteroatoms. The van der Waals surface area contributed by atoms with E-state index in [-0.39, 0.29) is 17.5 Å². The average Bonchev–Trinajstić information content (AvgIpc) is 3.33. The monoisotopic (exact) mass is 347 g/mol. The van der Waals surface area contributed by atoms with Crippen molar-refractivity contribution in [1.29, 1.82) is 0 Å². The van der Waals surface area contributed by atoms with Crippen LogP contribution in [-0.4, -0.2) is 16.8 Å². The fourth-order valence-electron chi connectivity index (χ4n) is 2.36. The SMILES string of the molecule is O=C(c1cccc(Br)c1F)N(Cc1ccccc1)C1CC1. The Morgan fingerprint density at radius 3 is 2.52 bits per heavy atom. The second-order valence-electron chi connectivity index (χ2n) is 5.25. The van der Waals surface area contributed by atoms with Crippen LogP contribution in [0.5, 0.6) is 0 Å². The van der Waals surface area contributed by atoms with Crippen molar-refractivity contribution >= 4 is 21.8 Å². The molecule has 0 bridgehead atoms. The lowest BCUT2D eigenvalue weighted by Crippen LogP contribution is -2.33. The van der Waals surface area contributed by atoms with Crippen molar-refractivity contribution in [2.24, 2.45) is 0 Å². The zero-order chi connectivity index (χ0) is 14.8. The van der Waals surface area contributed by atoms with Gasteiger partial charge in [-0.15, -0.1) is 0 Å². The maximum atomic E-state index is 14.1. The summed E-state index contributed by atoms with van der Waals surface area (Å²) < 4.78 is 14.5. The lowest BCUT2D eigenvalue weighted by atomic mass is 10.1. The normalized spacial score (nSPS) is 14.0. The van der Waals surface area contributed by atoms with Gasteiger partial charge in [0.05, 0.1) is 10.0 Å². The average molecular weight is 348 g/mol. The number of hydrogen-bond acceptors (Lipinski definition) is 1. The summed E-state index contributed by atoms with van der Waals surface area (Å²) >= 11 is 3.14. The zero-order valence-electron chi connectivity index (χ0n) is 11.4. The van der Waals surface area contributed by atoms with Crippen LogP contribution in [0.25, 0.3) is 0 Å². The van der Waals surface area contributed by atoms with E-state index in [2.05, 4.69) is 15.9 Å². The van der Waals surface area contributed by atoms with Gasteiger partial charge in [-0.3, -0.25) is 4.79 Å². The van der Waals surface area contributed by atoms with Crippen LogP contribution in [0.2, 0.25) is 0 Å². The van der Waals surface area contributed by atoms with E-state index in [1.807, 2.05) is 30.3 Å². The number of carbonyl (C=O) groups is 1. The minimum absolute atomic E-state index is 0.132. The molecule has 1 aliphatic rings. The van der Waals surface area contributed by atoms with Crippen molar-refractivity contribution in [1.82, 2.24) is 4.90 Å². The molecule has 2 nitrogen and oxygen atoms in total. The van der Waals surface area contributed by atoms with E-state index < -0.39 is 5.82 Å². The topological polar surface area (TPSA) is 20.3 Å². The van der Waals surface area contributed by atoms with Gasteiger partial charge in [0.15, 0.2) is 0 Å². The molecule has 0 spiro atoms. The lowest BCUT2D eigenvalue weighted by Gasteiger charge is -2.23. The zero-order valence-corrected chi connectivity index (χ0v) is 13.0. The summed E-state index contributed by atoms with van der Waals surface area (Å²) in [5.74, 6) is -0.721. The Morgan fingerprint density at radius 1 is 1.14 bits per heavy atom. The Balaban J connectivity index is 1.87. The van der Waals surface area contributed by atoms with Gasteiger partial charge >= 0.3 is 0 Å². The molecule has 0 aromatic heterocycles. The molecular weight excluding hydrogens is 333 g/mol. The lowest BCUT2D eigenvalue weighted by molar-refractivity contribution is 0.0725. The number of amides is 1. The summed E-state index contributed by atoms with van der Waals surface area (Å²) in [6.45, 7) is 0.524. The maximum absolute atomic E-state index is 14.1. The Labute approximate surface area is 131 Å². The molecule has 0 radical (unpaired) electrons. The number of hydrogen-bond donors (Lipinski definition) is 0. The van der Waals surface area contributed by atoms with Gasteiger partial charge in [-0.1, -0.05) is 36.4 Å². The molecule has 1 fully saturated rings. The second kappa shape index (κ2) is 5.98. The summed E-state index contributed by atoms with van der Waals surface area (Å²) in [4.78, 5) is 14.4. The highest BCUT2D eigenvalue weighted by atomic mass is 79.9. The molecule has 3 rings (SSSR count). The van der Waals surface area contributed by atoms with Crippen LogP contribution in [0.4, 0.5) is 4.39 Å². The summed E-state index contributed by atoms with van der Waals surface area (Å²) in [6.07, 6.45) is 1.99.